The predicted molar refractivity (Wildman–Crippen MR) is 48.2 cm³/mol. The van der Waals surface area contributed by atoms with Crippen LogP contribution in [0.3, 0.4) is 0 Å². The third kappa shape index (κ3) is 2.37. The van der Waals surface area contributed by atoms with Gasteiger partial charge in [-0.2, -0.15) is 0 Å². The first kappa shape index (κ1) is 9.89. The summed E-state index contributed by atoms with van der Waals surface area (Å²) >= 11 is 0. The summed E-state index contributed by atoms with van der Waals surface area (Å²) in [7, 11) is 0. The van der Waals surface area contributed by atoms with Gasteiger partial charge in [-0.15, -0.1) is 0 Å². The Hall–Kier alpha value is -1.19. The molecule has 0 fully saturated rings. The highest BCUT2D eigenvalue weighted by Gasteiger charge is 2.05. The number of ketones is 1. The SMILES string of the molecule is CCC(=O)c1ccc(C(O)O)cc1. The van der Waals surface area contributed by atoms with Gasteiger partial charge in [0.1, 0.15) is 0 Å². The highest BCUT2D eigenvalue weighted by Crippen LogP contribution is 2.11. The second-order valence-electron chi connectivity index (χ2n) is 2.77. The lowest BCUT2D eigenvalue weighted by Crippen LogP contribution is -1.99. The Morgan fingerprint density at radius 3 is 2.23 bits per heavy atom. The van der Waals surface area contributed by atoms with Gasteiger partial charge in [0.25, 0.3) is 0 Å². The summed E-state index contributed by atoms with van der Waals surface area (Å²) in [4.78, 5) is 11.2. The summed E-state index contributed by atoms with van der Waals surface area (Å²) in [5.41, 5.74) is 1.000. The summed E-state index contributed by atoms with van der Waals surface area (Å²) in [6.07, 6.45) is -1.01. The lowest BCUT2D eigenvalue weighted by atomic mass is 10.1. The van der Waals surface area contributed by atoms with E-state index in [4.69, 9.17) is 10.2 Å². The van der Waals surface area contributed by atoms with Crippen LogP contribution >= 0.6 is 0 Å². The maximum absolute atomic E-state index is 11.2. The second kappa shape index (κ2) is 4.16. The van der Waals surface area contributed by atoms with E-state index in [2.05, 4.69) is 0 Å². The van der Waals surface area contributed by atoms with Crippen LogP contribution in [0.5, 0.6) is 0 Å². The van der Waals surface area contributed by atoms with Crippen LogP contribution in [-0.2, 0) is 0 Å². The van der Waals surface area contributed by atoms with Gasteiger partial charge in [0.2, 0.25) is 0 Å². The fourth-order valence-corrected chi connectivity index (χ4v) is 1.05. The molecule has 1 aromatic carbocycles. The van der Waals surface area contributed by atoms with Crippen LogP contribution in [0, 0.1) is 0 Å². The summed E-state index contributed by atoms with van der Waals surface area (Å²) in [5, 5.41) is 17.6. The first-order valence-electron chi connectivity index (χ1n) is 4.14. The zero-order chi connectivity index (χ0) is 9.84. The van der Waals surface area contributed by atoms with Gasteiger partial charge in [-0.3, -0.25) is 4.79 Å². The van der Waals surface area contributed by atoms with Gasteiger partial charge < -0.3 is 10.2 Å². The number of rotatable bonds is 3. The molecule has 70 valence electrons. The Morgan fingerprint density at radius 2 is 1.85 bits per heavy atom. The predicted octanol–water partition coefficient (Wildman–Crippen LogP) is 1.26. The minimum Gasteiger partial charge on any atom is -0.364 e. The number of carbonyl (C=O) groups is 1. The number of aliphatic hydroxyl groups is 2. The number of hydrogen-bond acceptors (Lipinski definition) is 3. The van der Waals surface area contributed by atoms with Crippen molar-refractivity contribution in [2.24, 2.45) is 0 Å². The molecule has 0 aromatic heterocycles. The molecule has 0 aliphatic rings. The average molecular weight is 180 g/mol. The van der Waals surface area contributed by atoms with Gasteiger partial charge >= 0.3 is 0 Å². The van der Waals surface area contributed by atoms with E-state index >= 15 is 0 Å². The fraction of sp³-hybridized carbons (Fsp3) is 0.300. The number of hydrogen-bond donors (Lipinski definition) is 2. The van der Waals surface area contributed by atoms with Crippen LogP contribution in [0.4, 0.5) is 0 Å². The van der Waals surface area contributed by atoms with Gasteiger partial charge in [0.15, 0.2) is 12.1 Å². The van der Waals surface area contributed by atoms with Gasteiger partial charge in [-0.05, 0) is 0 Å². The molecule has 3 heteroatoms. The molecule has 2 N–H and O–H groups in total. The van der Waals surface area contributed by atoms with Gasteiger partial charge in [0, 0.05) is 17.5 Å². The first-order valence-corrected chi connectivity index (χ1v) is 4.14. The standard InChI is InChI=1S/C10H12O3/c1-2-9(11)7-3-5-8(6-4-7)10(12)13/h3-6,10,12-13H,2H2,1H3. The van der Waals surface area contributed by atoms with Crippen molar-refractivity contribution in [3.63, 3.8) is 0 Å². The molecule has 0 atom stereocenters. The number of Topliss-reactive ketones (excluding diaryl/α,β-unsaturated/α-hetero) is 1. The van der Waals surface area contributed by atoms with Crippen LogP contribution in [0.1, 0.15) is 35.6 Å². The lowest BCUT2D eigenvalue weighted by molar-refractivity contribution is -0.0424. The third-order valence-electron chi connectivity index (χ3n) is 1.85. The molecule has 0 saturated carbocycles. The smallest absolute Gasteiger partial charge is 0.178 e. The molecule has 0 radical (unpaired) electrons. The molecule has 0 saturated heterocycles. The van der Waals surface area contributed by atoms with Crippen LogP contribution in [0.15, 0.2) is 24.3 Å². The minimum atomic E-state index is -1.47. The van der Waals surface area contributed by atoms with Gasteiger partial charge in [0.05, 0.1) is 0 Å². The highest BCUT2D eigenvalue weighted by atomic mass is 16.5. The monoisotopic (exact) mass is 180 g/mol. The average Bonchev–Trinajstić information content (AvgIpc) is 2.17. The normalized spacial score (nSPS) is 10.5. The molecule has 3 nitrogen and oxygen atoms in total. The zero-order valence-corrected chi connectivity index (χ0v) is 7.40. The van der Waals surface area contributed by atoms with Crippen molar-refractivity contribution >= 4 is 5.78 Å². The van der Waals surface area contributed by atoms with Gasteiger partial charge in [-0.25, -0.2) is 0 Å². The van der Waals surface area contributed by atoms with Crippen molar-refractivity contribution in [3.8, 4) is 0 Å². The summed E-state index contributed by atoms with van der Waals surface area (Å²) in [5.74, 6) is 0.0546. The van der Waals surface area contributed by atoms with E-state index in [9.17, 15) is 4.79 Å². The Bertz CT molecular complexity index is 288. The Labute approximate surface area is 76.6 Å². The Morgan fingerprint density at radius 1 is 1.31 bits per heavy atom. The fourth-order valence-electron chi connectivity index (χ4n) is 1.05. The first-order chi connectivity index (χ1) is 6.15. The molecule has 0 unspecified atom stereocenters. The molecule has 0 spiro atoms. The van der Waals surface area contributed by atoms with E-state index in [0.717, 1.165) is 0 Å². The minimum absolute atomic E-state index is 0.0546. The molecule has 0 aliphatic carbocycles. The quantitative estimate of drug-likeness (QED) is 0.544. The van der Waals surface area contributed by atoms with Crippen molar-refractivity contribution < 1.29 is 15.0 Å². The molecule has 13 heavy (non-hydrogen) atoms. The van der Waals surface area contributed by atoms with E-state index < -0.39 is 6.29 Å². The summed E-state index contributed by atoms with van der Waals surface area (Å²) < 4.78 is 0. The molecule has 1 aromatic rings. The summed E-state index contributed by atoms with van der Waals surface area (Å²) in [6, 6.07) is 6.27. The lowest BCUT2D eigenvalue weighted by Gasteiger charge is -2.03. The topological polar surface area (TPSA) is 57.5 Å². The molecular formula is C10H12O3. The van der Waals surface area contributed by atoms with Crippen LogP contribution in [-0.4, -0.2) is 16.0 Å². The van der Waals surface area contributed by atoms with Gasteiger partial charge in [-0.1, -0.05) is 31.2 Å². The third-order valence-corrected chi connectivity index (χ3v) is 1.85. The maximum Gasteiger partial charge on any atom is 0.178 e. The van der Waals surface area contributed by atoms with E-state index in [0.29, 0.717) is 17.5 Å². The molecule has 0 bridgehead atoms. The molecule has 0 aliphatic heterocycles. The highest BCUT2D eigenvalue weighted by molar-refractivity contribution is 5.95. The Kier molecular flexibility index (Phi) is 3.17. The van der Waals surface area contributed by atoms with Crippen molar-refractivity contribution in [2.45, 2.75) is 19.6 Å². The van der Waals surface area contributed by atoms with Crippen molar-refractivity contribution in [1.29, 1.82) is 0 Å². The van der Waals surface area contributed by atoms with Crippen molar-refractivity contribution in [3.05, 3.63) is 35.4 Å². The zero-order valence-electron chi connectivity index (χ0n) is 7.40. The van der Waals surface area contributed by atoms with E-state index in [1.54, 1.807) is 19.1 Å². The maximum atomic E-state index is 11.2. The van der Waals surface area contributed by atoms with E-state index in [1.165, 1.54) is 12.1 Å². The van der Waals surface area contributed by atoms with E-state index in [1.807, 2.05) is 0 Å². The molecule has 1 rings (SSSR count). The number of carbonyl (C=O) groups excluding carboxylic acids is 1. The molecular weight excluding hydrogens is 168 g/mol. The Balaban J connectivity index is 2.87. The largest absolute Gasteiger partial charge is 0.364 e. The van der Waals surface area contributed by atoms with E-state index in [-0.39, 0.29) is 5.78 Å². The molecule has 0 amide bonds. The number of benzene rings is 1. The molecule has 0 heterocycles. The number of aliphatic hydroxyl groups excluding tert-OH is 1. The summed E-state index contributed by atoms with van der Waals surface area (Å²) in [6.45, 7) is 1.79. The van der Waals surface area contributed by atoms with Crippen LogP contribution < -0.4 is 0 Å². The second-order valence-corrected chi connectivity index (χ2v) is 2.77. The van der Waals surface area contributed by atoms with Crippen molar-refractivity contribution in [1.82, 2.24) is 0 Å². The van der Waals surface area contributed by atoms with Crippen molar-refractivity contribution in [2.75, 3.05) is 0 Å². The van der Waals surface area contributed by atoms with Crippen LogP contribution in [0.2, 0.25) is 0 Å². The van der Waals surface area contributed by atoms with Crippen LogP contribution in [0.25, 0.3) is 0 Å².